The smallest absolute Gasteiger partial charge is 0.407 e. The van der Waals surface area contributed by atoms with Crippen molar-refractivity contribution in [3.8, 4) is 33.6 Å². The fraction of sp³-hybridized carbons (Fsp3) is 0.385. The van der Waals surface area contributed by atoms with Gasteiger partial charge in [-0.2, -0.15) is 0 Å². The predicted octanol–water partition coefficient (Wildman–Crippen LogP) is 8.89. The lowest BCUT2D eigenvalue weighted by molar-refractivity contribution is -0.138. The van der Waals surface area contributed by atoms with Gasteiger partial charge in [-0.25, -0.2) is 19.6 Å². The molecule has 4 amide bonds. The van der Waals surface area contributed by atoms with Crippen LogP contribution in [0.2, 0.25) is 0 Å². The summed E-state index contributed by atoms with van der Waals surface area (Å²) in [5, 5.41) is 7.79. The molecule has 0 radical (unpaired) electrons. The van der Waals surface area contributed by atoms with Crippen LogP contribution in [0.1, 0.15) is 87.7 Å². The van der Waals surface area contributed by atoms with Gasteiger partial charge in [-0.15, -0.1) is 0 Å². The van der Waals surface area contributed by atoms with Crippen LogP contribution >= 0.6 is 0 Å². The van der Waals surface area contributed by atoms with E-state index in [1.54, 1.807) is 0 Å². The zero-order chi connectivity index (χ0) is 45.3. The maximum atomic E-state index is 14.3. The molecule has 6 aromatic rings. The van der Waals surface area contributed by atoms with E-state index in [-0.39, 0.29) is 49.2 Å². The van der Waals surface area contributed by atoms with Crippen LogP contribution in [0.5, 0.6) is 0 Å². The molecule has 4 aliphatic rings. The summed E-state index contributed by atoms with van der Waals surface area (Å²) < 4.78 is 15.3. The van der Waals surface area contributed by atoms with Gasteiger partial charge >= 0.3 is 12.2 Å². The molecular formula is C52H58N8O7. The van der Waals surface area contributed by atoms with Crippen molar-refractivity contribution in [1.82, 2.24) is 40.4 Å². The number of likely N-dealkylation sites (tertiary alicyclic amines) is 2. The maximum absolute atomic E-state index is 14.3. The molecule has 0 unspecified atom stereocenters. The van der Waals surface area contributed by atoms with Gasteiger partial charge in [0.2, 0.25) is 5.91 Å². The molecule has 67 heavy (non-hydrogen) atoms. The first-order valence-corrected chi connectivity index (χ1v) is 23.0. The van der Waals surface area contributed by atoms with Gasteiger partial charge in [0.15, 0.2) is 0 Å². The Morgan fingerprint density at radius 3 is 2.06 bits per heavy atom. The Kier molecular flexibility index (Phi) is 13.1. The highest BCUT2D eigenvalue weighted by molar-refractivity contribution is 5.91. The summed E-state index contributed by atoms with van der Waals surface area (Å²) in [4.78, 5) is 73.6. The fourth-order valence-corrected chi connectivity index (χ4v) is 10.7. The monoisotopic (exact) mass is 906 g/mol. The van der Waals surface area contributed by atoms with E-state index in [2.05, 4.69) is 81.3 Å². The molecule has 10 rings (SSSR count). The van der Waals surface area contributed by atoms with E-state index in [1.807, 2.05) is 52.5 Å². The van der Waals surface area contributed by atoms with Gasteiger partial charge in [-0.05, 0) is 102 Å². The minimum absolute atomic E-state index is 0. The van der Waals surface area contributed by atoms with Crippen LogP contribution in [0.4, 0.5) is 9.59 Å². The summed E-state index contributed by atoms with van der Waals surface area (Å²) in [7, 11) is 2.61. The second kappa shape index (κ2) is 19.5. The molecule has 4 fully saturated rings. The van der Waals surface area contributed by atoms with Crippen molar-refractivity contribution in [2.45, 2.75) is 82.6 Å². The van der Waals surface area contributed by atoms with Crippen molar-refractivity contribution in [3.63, 3.8) is 0 Å². The zero-order valence-corrected chi connectivity index (χ0v) is 37.1. The van der Waals surface area contributed by atoms with E-state index in [0.717, 1.165) is 88.2 Å². The Bertz CT molecular complexity index is 2730. The number of carbonyl (C=O) groups is 4. The first-order chi connectivity index (χ1) is 32.3. The number of methoxy groups -OCH3 is 2. The number of alkyl carbamates (subject to hydrolysis) is 2. The molecule has 2 aromatic heterocycles. The average Bonchev–Trinajstić information content (AvgIpc) is 4.24. The number of benzene rings is 4. The Morgan fingerprint density at radius 2 is 1.33 bits per heavy atom. The molecule has 2 bridgehead atoms. The number of amides is 4. The van der Waals surface area contributed by atoms with Gasteiger partial charge in [0.25, 0.3) is 5.91 Å². The van der Waals surface area contributed by atoms with E-state index in [0.29, 0.717) is 38.2 Å². The first kappa shape index (κ1) is 45.2. The number of aromatic nitrogens is 4. The van der Waals surface area contributed by atoms with E-state index < -0.39 is 24.3 Å². The number of hydrogen-bond donors (Lipinski definition) is 4. The largest absolute Gasteiger partial charge is 0.453 e. The van der Waals surface area contributed by atoms with Gasteiger partial charge in [-0.3, -0.25) is 9.59 Å². The normalized spacial score (nSPS) is 21.1. The van der Waals surface area contributed by atoms with Crippen LogP contribution in [0.3, 0.4) is 0 Å². The summed E-state index contributed by atoms with van der Waals surface area (Å²) >= 11 is 0. The number of imidazole rings is 2. The molecule has 6 atom stereocenters. The summed E-state index contributed by atoms with van der Waals surface area (Å²) in [5.74, 6) is 1.45. The van der Waals surface area contributed by atoms with E-state index in [1.165, 1.54) is 14.2 Å². The average molecular weight is 907 g/mol. The summed E-state index contributed by atoms with van der Waals surface area (Å²) in [5.41, 5.74) is 6.58. The number of H-pyrrole nitrogens is 2. The van der Waals surface area contributed by atoms with Crippen LogP contribution in [0.25, 0.3) is 44.4 Å². The number of carbonyl (C=O) groups excluding carboxylic acids is 4. The van der Waals surface area contributed by atoms with Crippen LogP contribution in [-0.2, 0) is 23.8 Å². The number of nitrogens with zero attached hydrogens (tertiary/aromatic N) is 4. The predicted molar refractivity (Wildman–Crippen MR) is 253 cm³/mol. The minimum atomic E-state index is -0.876. The van der Waals surface area contributed by atoms with Gasteiger partial charge in [-0.1, -0.05) is 86.3 Å². The van der Waals surface area contributed by atoms with Crippen molar-refractivity contribution >= 4 is 34.8 Å². The third-order valence-corrected chi connectivity index (χ3v) is 14.1. The van der Waals surface area contributed by atoms with Crippen LogP contribution < -0.4 is 10.6 Å². The van der Waals surface area contributed by atoms with Gasteiger partial charge in [0.1, 0.15) is 23.7 Å². The highest BCUT2D eigenvalue weighted by atomic mass is 16.5. The molecule has 15 nitrogen and oxygen atoms in total. The lowest BCUT2D eigenvalue weighted by Gasteiger charge is -2.36. The maximum Gasteiger partial charge on any atom is 0.407 e. The van der Waals surface area contributed by atoms with Crippen molar-refractivity contribution in [2.75, 3.05) is 34.0 Å². The number of piperidine rings is 1. The molecule has 1 saturated carbocycles. The zero-order valence-electron chi connectivity index (χ0n) is 37.1. The second-order valence-electron chi connectivity index (χ2n) is 17.9. The quantitative estimate of drug-likeness (QED) is 0.0986. The standard InChI is InChI=1S/C51H54N8O7.CH4/c1-64-50(62)56-43(33-20-23-66-24-21-33)48(60)58-22-6-9-42(58)46-52-29-41(54-46)37-17-16-35-25-34(14-15-36(35)26-37)30-10-12-31(13-11-30)40-28-53-47(55-40)45-38-18-19-39(27-38)59(45)49(61)44(57-51(63)65-2)32-7-4-3-5-8-32;/h3-5,7-8,10-17,25-26,28-29,33,38-39,42-45H,6,9,18-24,27H2,1-2H3,(H,52,54)(H,53,55)(H,56,62)(H,57,63);1H4/t38-,39+,42-,43-,44+,45-;/m0./s1. The van der Waals surface area contributed by atoms with Crippen LogP contribution in [0, 0.1) is 11.8 Å². The summed E-state index contributed by atoms with van der Waals surface area (Å²) in [6.07, 6.45) is 8.25. The Morgan fingerprint density at radius 1 is 0.701 bits per heavy atom. The molecule has 15 heteroatoms. The minimum Gasteiger partial charge on any atom is -0.453 e. The number of nitrogens with one attached hydrogen (secondary N) is 4. The van der Waals surface area contributed by atoms with Crippen LogP contribution in [-0.4, -0.2) is 99.8 Å². The highest BCUT2D eigenvalue weighted by Crippen LogP contribution is 2.50. The molecule has 348 valence electrons. The van der Waals surface area contributed by atoms with Crippen molar-refractivity contribution in [1.29, 1.82) is 0 Å². The lowest BCUT2D eigenvalue weighted by Crippen LogP contribution is -2.53. The molecule has 0 spiro atoms. The number of ether oxygens (including phenoxy) is 3. The summed E-state index contributed by atoms with van der Waals surface area (Å²) in [6, 6.07) is 28.6. The summed E-state index contributed by atoms with van der Waals surface area (Å²) in [6.45, 7) is 1.71. The molecule has 3 saturated heterocycles. The van der Waals surface area contributed by atoms with Gasteiger partial charge < -0.3 is 44.6 Å². The number of fused-ring (bicyclic) bond motifs is 3. The number of rotatable bonds is 11. The number of aromatic amines is 2. The molecule has 4 N–H and O–H groups in total. The molecule has 5 heterocycles. The van der Waals surface area contributed by atoms with Crippen molar-refractivity contribution < 1.29 is 33.4 Å². The van der Waals surface area contributed by atoms with E-state index in [4.69, 9.17) is 24.2 Å². The van der Waals surface area contributed by atoms with Gasteiger partial charge in [0.05, 0.1) is 50.1 Å². The van der Waals surface area contributed by atoms with Crippen molar-refractivity contribution in [2.24, 2.45) is 11.8 Å². The van der Waals surface area contributed by atoms with Crippen LogP contribution in [0.15, 0.2) is 103 Å². The third-order valence-electron chi connectivity index (χ3n) is 14.1. The highest BCUT2D eigenvalue weighted by Gasteiger charge is 2.51. The third kappa shape index (κ3) is 8.99. The lowest BCUT2D eigenvalue weighted by atomic mass is 9.90. The first-order valence-electron chi connectivity index (χ1n) is 23.0. The molecule has 1 aliphatic carbocycles. The molecular weight excluding hydrogens is 849 g/mol. The Balaban J connectivity index is 0.00000562. The molecule has 4 aromatic carbocycles. The van der Waals surface area contributed by atoms with E-state index in [9.17, 15) is 19.2 Å². The Hall–Kier alpha value is -7.00. The Labute approximate surface area is 390 Å². The SMILES string of the molecule is C.COC(=O)N[C@H](C(=O)N1CCC[C@H]1c1ncc(-c2ccc3cc(-c4ccc(-c5cnc([C@@H]6[C@H]7CC[C@H](C7)N6C(=O)[C@H](NC(=O)OC)c6ccccc6)[nH]5)cc4)ccc3c2)[nH]1)C1CCOCC1. The van der Waals surface area contributed by atoms with Crippen molar-refractivity contribution in [3.05, 3.63) is 121 Å². The molecule has 3 aliphatic heterocycles. The second-order valence-corrected chi connectivity index (χ2v) is 17.9. The van der Waals surface area contributed by atoms with E-state index >= 15 is 0 Å². The number of hydrogen-bond acceptors (Lipinski definition) is 9. The van der Waals surface area contributed by atoms with Gasteiger partial charge in [0, 0.05) is 31.4 Å². The fourth-order valence-electron chi connectivity index (χ4n) is 10.7. The topological polar surface area (TPSA) is 184 Å².